The molecule has 0 aliphatic carbocycles. The molecule has 6 nitrogen and oxygen atoms in total. The van der Waals surface area contributed by atoms with E-state index in [1.54, 1.807) is 36.5 Å². The van der Waals surface area contributed by atoms with Gasteiger partial charge in [-0.15, -0.1) is 0 Å². The van der Waals surface area contributed by atoms with Gasteiger partial charge < -0.3 is 19.3 Å². The first-order valence-corrected chi connectivity index (χ1v) is 10.1. The Labute approximate surface area is 185 Å². The van der Waals surface area contributed by atoms with E-state index in [2.05, 4.69) is 4.98 Å². The molecule has 0 fully saturated rings. The van der Waals surface area contributed by atoms with Gasteiger partial charge in [0, 0.05) is 24.8 Å². The molecular weight excluding hydrogens is 449 g/mol. The van der Waals surface area contributed by atoms with Crippen molar-refractivity contribution in [3.63, 3.8) is 0 Å². The third kappa shape index (κ3) is 4.77. The monoisotopic (exact) mass is 471 g/mol. The first-order chi connectivity index (χ1) is 15.5. The summed E-state index contributed by atoms with van der Waals surface area (Å²) < 4.78 is 69.9. The smallest absolute Gasteiger partial charge is 0.459 e. The van der Waals surface area contributed by atoms with Crippen LogP contribution in [0.5, 0.6) is 0 Å². The number of aryl methyl sites for hydroxylation is 1. The largest absolute Gasteiger partial charge is 0.477 e. The number of carboxylic acids is 1. The number of halogens is 5. The highest BCUT2D eigenvalue weighted by Gasteiger charge is 2.61. The van der Waals surface area contributed by atoms with Crippen molar-refractivity contribution >= 4 is 5.97 Å². The number of hydrogen-bond acceptors (Lipinski definition) is 3. The van der Waals surface area contributed by atoms with Crippen molar-refractivity contribution < 1.29 is 37.0 Å². The van der Waals surface area contributed by atoms with Crippen molar-refractivity contribution in [3.8, 4) is 5.69 Å². The van der Waals surface area contributed by atoms with Crippen LogP contribution in [0.15, 0.2) is 42.6 Å². The fourth-order valence-electron chi connectivity index (χ4n) is 3.52. The van der Waals surface area contributed by atoms with Crippen LogP contribution in [0.25, 0.3) is 5.69 Å². The summed E-state index contributed by atoms with van der Waals surface area (Å²) in [5, 5.41) is 18.9. The third-order valence-corrected chi connectivity index (χ3v) is 5.23. The van der Waals surface area contributed by atoms with Crippen LogP contribution in [0.2, 0.25) is 0 Å². The number of imidazole rings is 1. The lowest BCUT2D eigenvalue weighted by atomic mass is 10.1. The van der Waals surface area contributed by atoms with Gasteiger partial charge in [0.15, 0.2) is 0 Å². The molecule has 2 aromatic heterocycles. The van der Waals surface area contributed by atoms with Crippen LogP contribution in [-0.4, -0.2) is 36.5 Å². The molecule has 0 aliphatic heterocycles. The van der Waals surface area contributed by atoms with Crippen LogP contribution in [-0.2, 0) is 25.5 Å². The quantitative estimate of drug-likeness (QED) is 0.435. The van der Waals surface area contributed by atoms with Crippen molar-refractivity contribution in [1.29, 1.82) is 0 Å². The van der Waals surface area contributed by atoms with Crippen LogP contribution in [0.4, 0.5) is 22.0 Å². The normalized spacial score (nSPS) is 12.3. The van der Waals surface area contributed by atoms with Crippen molar-refractivity contribution in [1.82, 2.24) is 14.1 Å². The molecule has 0 atom stereocenters. The van der Waals surface area contributed by atoms with Crippen LogP contribution >= 0.6 is 0 Å². The number of alkyl halides is 5. The minimum absolute atomic E-state index is 0.0301. The van der Waals surface area contributed by atoms with Gasteiger partial charge in [0.2, 0.25) is 0 Å². The molecule has 0 amide bonds. The third-order valence-electron chi connectivity index (χ3n) is 5.23. The van der Waals surface area contributed by atoms with E-state index < -0.39 is 36.1 Å². The van der Waals surface area contributed by atoms with E-state index >= 15 is 0 Å². The molecule has 0 unspecified atom stereocenters. The maximum absolute atomic E-state index is 14.1. The molecule has 0 saturated heterocycles. The van der Waals surface area contributed by atoms with E-state index in [1.165, 1.54) is 15.2 Å². The van der Waals surface area contributed by atoms with E-state index in [-0.39, 0.29) is 24.5 Å². The highest BCUT2D eigenvalue weighted by molar-refractivity contribution is 5.86. The lowest BCUT2D eigenvalue weighted by Gasteiger charge is -2.19. The number of carboxylic acid groups (broad SMARTS) is 1. The first kappa shape index (κ1) is 24.4. The number of aliphatic hydroxyl groups is 1. The molecule has 0 bridgehead atoms. The lowest BCUT2D eigenvalue weighted by molar-refractivity contribution is -0.291. The molecule has 2 N–H and O–H groups in total. The molecular formula is C22H22F5N3O3. The Morgan fingerprint density at radius 3 is 2.30 bits per heavy atom. The lowest BCUT2D eigenvalue weighted by Crippen LogP contribution is -2.35. The van der Waals surface area contributed by atoms with Crippen LogP contribution < -0.4 is 0 Å². The Morgan fingerprint density at radius 2 is 1.76 bits per heavy atom. The zero-order valence-corrected chi connectivity index (χ0v) is 17.6. The van der Waals surface area contributed by atoms with E-state index in [9.17, 15) is 37.0 Å². The number of rotatable bonds is 9. The molecule has 33 heavy (non-hydrogen) atoms. The van der Waals surface area contributed by atoms with Crippen LogP contribution in [0, 0.1) is 0 Å². The molecule has 3 rings (SSSR count). The second-order valence-corrected chi connectivity index (χ2v) is 7.48. The highest BCUT2D eigenvalue weighted by Crippen LogP contribution is 2.45. The second kappa shape index (κ2) is 9.34. The second-order valence-electron chi connectivity index (χ2n) is 7.48. The van der Waals surface area contributed by atoms with E-state index in [0.717, 1.165) is 0 Å². The number of carbonyl (C=O) groups is 1. The van der Waals surface area contributed by atoms with Crippen molar-refractivity contribution in [2.24, 2.45) is 0 Å². The fourth-order valence-corrected chi connectivity index (χ4v) is 3.52. The van der Waals surface area contributed by atoms with Crippen molar-refractivity contribution in [3.05, 3.63) is 71.1 Å². The summed E-state index contributed by atoms with van der Waals surface area (Å²) in [6, 6.07) is 9.42. The number of aliphatic hydroxyl groups excluding tert-OH is 1. The fraction of sp³-hybridized carbons (Fsp3) is 0.364. The molecule has 3 aromatic rings. The summed E-state index contributed by atoms with van der Waals surface area (Å²) in [6.07, 6.45) is -2.93. The average molecular weight is 471 g/mol. The van der Waals surface area contributed by atoms with Crippen LogP contribution in [0.3, 0.4) is 0 Å². The zero-order valence-electron chi connectivity index (χ0n) is 17.6. The molecule has 0 saturated carbocycles. The Bertz CT molecular complexity index is 1120. The maximum Gasteiger partial charge on any atom is 0.459 e. The topological polar surface area (TPSA) is 80.3 Å². The Hall–Kier alpha value is -3.21. The predicted molar refractivity (Wildman–Crippen MR) is 109 cm³/mol. The summed E-state index contributed by atoms with van der Waals surface area (Å²) >= 11 is 0. The summed E-state index contributed by atoms with van der Waals surface area (Å²) in [4.78, 5) is 14.9. The molecule has 1 aromatic carbocycles. The molecule has 178 valence electrons. The summed E-state index contributed by atoms with van der Waals surface area (Å²) in [5.74, 6) is -6.29. The Morgan fingerprint density at radius 1 is 1.09 bits per heavy atom. The zero-order chi connectivity index (χ0) is 24.4. The number of nitrogens with zero attached hydrogens (tertiary/aromatic N) is 3. The molecule has 0 radical (unpaired) electrons. The standard InChI is InChI=1S/C22H22F5N3O3/c1-2-3-6-18-28-19(21(23,24)22(25,26)27)17(13-31)30(18)12-14-7-9-15(10-8-14)29-11-4-5-16(29)20(32)33/h4-5,7-11,31H,2-3,6,12-13H2,1H3,(H,32,33). The van der Waals surface area contributed by atoms with Crippen LogP contribution in [0.1, 0.15) is 53.0 Å². The van der Waals surface area contributed by atoms with Crippen molar-refractivity contribution in [2.75, 3.05) is 0 Å². The van der Waals surface area contributed by atoms with Gasteiger partial charge in [-0.2, -0.15) is 22.0 Å². The van der Waals surface area contributed by atoms with Gasteiger partial charge in [0.1, 0.15) is 17.2 Å². The maximum atomic E-state index is 14.1. The molecule has 2 heterocycles. The Balaban J connectivity index is 2.00. The van der Waals surface area contributed by atoms with Crippen molar-refractivity contribution in [2.45, 2.75) is 51.4 Å². The number of unbranched alkanes of at least 4 members (excludes halogenated alkanes) is 1. The average Bonchev–Trinajstić information content (AvgIpc) is 3.37. The predicted octanol–water partition coefficient (Wildman–Crippen LogP) is 4.91. The van der Waals surface area contributed by atoms with E-state index in [0.29, 0.717) is 24.1 Å². The number of hydrogen-bond donors (Lipinski definition) is 2. The van der Waals surface area contributed by atoms with Gasteiger partial charge in [-0.05, 0) is 36.2 Å². The van der Waals surface area contributed by atoms with Gasteiger partial charge in [0.05, 0.1) is 12.3 Å². The number of aromatic carboxylic acids is 1. The molecule has 0 aliphatic rings. The summed E-state index contributed by atoms with van der Waals surface area (Å²) in [7, 11) is 0. The van der Waals surface area contributed by atoms with Gasteiger partial charge in [0.25, 0.3) is 0 Å². The van der Waals surface area contributed by atoms with Gasteiger partial charge in [-0.1, -0.05) is 25.5 Å². The van der Waals surface area contributed by atoms with Gasteiger partial charge >= 0.3 is 18.1 Å². The Kier molecular flexibility index (Phi) is 6.92. The SMILES string of the molecule is CCCCc1nc(C(F)(F)C(F)(F)F)c(CO)n1Cc1ccc(-n2cccc2C(=O)O)cc1. The van der Waals surface area contributed by atoms with Gasteiger partial charge in [-0.25, -0.2) is 9.78 Å². The molecule has 0 spiro atoms. The van der Waals surface area contributed by atoms with E-state index in [4.69, 9.17) is 0 Å². The summed E-state index contributed by atoms with van der Waals surface area (Å²) in [5.41, 5.74) is -0.954. The molecule has 11 heteroatoms. The number of benzene rings is 1. The minimum Gasteiger partial charge on any atom is -0.477 e. The number of aromatic nitrogens is 3. The van der Waals surface area contributed by atoms with E-state index in [1.807, 2.05) is 6.92 Å². The highest BCUT2D eigenvalue weighted by atomic mass is 19.4. The minimum atomic E-state index is -5.85. The summed E-state index contributed by atoms with van der Waals surface area (Å²) in [6.45, 7) is 0.716. The first-order valence-electron chi connectivity index (χ1n) is 10.1. The van der Waals surface area contributed by atoms with Gasteiger partial charge in [-0.3, -0.25) is 0 Å².